The fraction of sp³-hybridized carbons (Fsp3) is 0.375. The molecular formula is C24H27NO3. The zero-order chi connectivity index (χ0) is 19.5. The highest BCUT2D eigenvalue weighted by atomic mass is 16.5. The van der Waals surface area contributed by atoms with Gasteiger partial charge in [-0.1, -0.05) is 49.1 Å². The minimum Gasteiger partial charge on any atom is -0.493 e. The first kappa shape index (κ1) is 18.6. The van der Waals surface area contributed by atoms with Crippen LogP contribution >= 0.6 is 0 Å². The van der Waals surface area contributed by atoms with E-state index in [0.29, 0.717) is 11.3 Å². The normalized spacial score (nSPS) is 14.9. The van der Waals surface area contributed by atoms with Crippen molar-refractivity contribution < 1.29 is 13.9 Å². The van der Waals surface area contributed by atoms with Crippen molar-refractivity contribution in [2.75, 3.05) is 13.7 Å². The van der Waals surface area contributed by atoms with Crippen LogP contribution in [0, 0.1) is 6.92 Å². The molecule has 0 atom stereocenters. The molecule has 0 spiro atoms. The zero-order valence-electron chi connectivity index (χ0n) is 16.6. The molecule has 146 valence electrons. The van der Waals surface area contributed by atoms with Gasteiger partial charge in [0.05, 0.1) is 12.2 Å². The van der Waals surface area contributed by atoms with Crippen molar-refractivity contribution in [3.8, 4) is 17.1 Å². The summed E-state index contributed by atoms with van der Waals surface area (Å²) in [4.78, 5) is 12.9. The number of carbonyl (C=O) groups is 1. The molecule has 0 unspecified atom stereocenters. The highest BCUT2D eigenvalue weighted by Crippen LogP contribution is 2.40. The maximum absolute atomic E-state index is 12.9. The minimum atomic E-state index is -0.125. The van der Waals surface area contributed by atoms with Gasteiger partial charge in [-0.2, -0.15) is 0 Å². The van der Waals surface area contributed by atoms with Crippen LogP contribution in [-0.4, -0.2) is 19.6 Å². The Morgan fingerprint density at radius 1 is 0.964 bits per heavy atom. The van der Waals surface area contributed by atoms with Gasteiger partial charge in [0.2, 0.25) is 0 Å². The van der Waals surface area contributed by atoms with Crippen LogP contribution in [0.2, 0.25) is 0 Å². The van der Waals surface area contributed by atoms with Gasteiger partial charge in [0.15, 0.2) is 0 Å². The Morgan fingerprint density at radius 3 is 2.50 bits per heavy atom. The number of hydrogen-bond donors (Lipinski definition) is 1. The zero-order valence-corrected chi connectivity index (χ0v) is 16.6. The maximum atomic E-state index is 12.9. The Balaban J connectivity index is 1.94. The average molecular weight is 377 g/mol. The van der Waals surface area contributed by atoms with E-state index in [-0.39, 0.29) is 5.91 Å². The first-order valence-electron chi connectivity index (χ1n) is 10.2. The summed E-state index contributed by atoms with van der Waals surface area (Å²) in [7, 11) is 1.67. The SMILES string of the molecule is CNC(=O)c1c(-c2ccc(C)cc2)oc2ccc3c(c12)CCCCCCCO3. The van der Waals surface area contributed by atoms with Crippen LogP contribution in [0.3, 0.4) is 0 Å². The Bertz CT molecular complexity index is 985. The van der Waals surface area contributed by atoms with Crippen LogP contribution in [0.25, 0.3) is 22.3 Å². The van der Waals surface area contributed by atoms with Gasteiger partial charge in [0.25, 0.3) is 5.91 Å². The molecule has 2 heterocycles. The third-order valence-electron chi connectivity index (χ3n) is 5.52. The lowest BCUT2D eigenvalue weighted by Gasteiger charge is -2.15. The minimum absolute atomic E-state index is 0.125. The van der Waals surface area contributed by atoms with E-state index < -0.39 is 0 Å². The third-order valence-corrected chi connectivity index (χ3v) is 5.52. The van der Waals surface area contributed by atoms with E-state index in [0.717, 1.165) is 53.7 Å². The van der Waals surface area contributed by atoms with Gasteiger partial charge >= 0.3 is 0 Å². The Kier molecular flexibility index (Phi) is 5.38. The van der Waals surface area contributed by atoms with E-state index in [1.165, 1.54) is 24.8 Å². The van der Waals surface area contributed by atoms with Gasteiger partial charge < -0.3 is 14.5 Å². The monoisotopic (exact) mass is 377 g/mol. The molecule has 4 heteroatoms. The predicted molar refractivity (Wildman–Crippen MR) is 112 cm³/mol. The van der Waals surface area contributed by atoms with Crippen molar-refractivity contribution in [1.29, 1.82) is 0 Å². The van der Waals surface area contributed by atoms with Gasteiger partial charge in [-0.3, -0.25) is 4.79 Å². The summed E-state index contributed by atoms with van der Waals surface area (Å²) in [5, 5.41) is 3.69. The van der Waals surface area contributed by atoms with Gasteiger partial charge in [-0.15, -0.1) is 0 Å². The lowest BCUT2D eigenvalue weighted by molar-refractivity contribution is 0.0964. The van der Waals surface area contributed by atoms with Gasteiger partial charge in [-0.25, -0.2) is 0 Å². The first-order valence-corrected chi connectivity index (χ1v) is 10.2. The van der Waals surface area contributed by atoms with Crippen molar-refractivity contribution in [3.05, 3.63) is 53.1 Å². The van der Waals surface area contributed by atoms with Crippen LogP contribution in [0.1, 0.15) is 53.6 Å². The summed E-state index contributed by atoms with van der Waals surface area (Å²) in [5.41, 5.74) is 4.54. The quantitative estimate of drug-likeness (QED) is 0.627. The summed E-state index contributed by atoms with van der Waals surface area (Å²) in [6.07, 6.45) is 6.70. The van der Waals surface area contributed by atoms with Crippen molar-refractivity contribution in [2.45, 2.75) is 45.4 Å². The van der Waals surface area contributed by atoms with Crippen molar-refractivity contribution in [1.82, 2.24) is 5.32 Å². The number of nitrogens with one attached hydrogen (secondary N) is 1. The topological polar surface area (TPSA) is 51.5 Å². The van der Waals surface area contributed by atoms with E-state index >= 15 is 0 Å². The lowest BCUT2D eigenvalue weighted by Crippen LogP contribution is -2.18. The number of rotatable bonds is 2. The molecule has 0 fully saturated rings. The van der Waals surface area contributed by atoms with E-state index in [4.69, 9.17) is 9.15 Å². The second kappa shape index (κ2) is 8.09. The van der Waals surface area contributed by atoms with Crippen molar-refractivity contribution in [2.24, 2.45) is 0 Å². The molecule has 0 saturated heterocycles. The van der Waals surface area contributed by atoms with Crippen LogP contribution in [-0.2, 0) is 6.42 Å². The van der Waals surface area contributed by atoms with Gasteiger partial charge in [-0.05, 0) is 38.3 Å². The fourth-order valence-corrected chi connectivity index (χ4v) is 3.99. The maximum Gasteiger partial charge on any atom is 0.255 e. The number of benzene rings is 2. The highest BCUT2D eigenvalue weighted by molar-refractivity contribution is 6.12. The number of carbonyl (C=O) groups excluding carboxylic acids is 1. The molecule has 0 aliphatic carbocycles. The molecule has 0 bridgehead atoms. The number of hydrogen-bond acceptors (Lipinski definition) is 3. The summed E-state index contributed by atoms with van der Waals surface area (Å²) < 4.78 is 12.3. The molecule has 28 heavy (non-hydrogen) atoms. The number of aryl methyl sites for hydroxylation is 2. The smallest absolute Gasteiger partial charge is 0.255 e. The van der Waals surface area contributed by atoms with Crippen molar-refractivity contribution >= 4 is 16.9 Å². The molecule has 4 nitrogen and oxygen atoms in total. The highest BCUT2D eigenvalue weighted by Gasteiger charge is 2.25. The molecule has 1 amide bonds. The third kappa shape index (κ3) is 3.51. The molecule has 2 aromatic carbocycles. The number of furan rings is 1. The summed E-state index contributed by atoms with van der Waals surface area (Å²) >= 11 is 0. The Morgan fingerprint density at radius 2 is 1.71 bits per heavy atom. The Labute approximate surface area is 165 Å². The molecule has 1 aliphatic heterocycles. The fourth-order valence-electron chi connectivity index (χ4n) is 3.99. The largest absolute Gasteiger partial charge is 0.493 e. The van der Waals surface area contributed by atoms with E-state index in [1.807, 2.05) is 43.3 Å². The number of amides is 1. The van der Waals surface area contributed by atoms with Gasteiger partial charge in [0.1, 0.15) is 17.1 Å². The molecule has 4 rings (SSSR count). The molecule has 0 radical (unpaired) electrons. The second-order valence-electron chi connectivity index (χ2n) is 7.53. The van der Waals surface area contributed by atoms with Crippen LogP contribution in [0.5, 0.6) is 5.75 Å². The van der Waals surface area contributed by atoms with E-state index in [2.05, 4.69) is 5.32 Å². The summed E-state index contributed by atoms with van der Waals surface area (Å²) in [6, 6.07) is 12.0. The molecule has 1 aliphatic rings. The first-order chi connectivity index (χ1) is 13.7. The second-order valence-corrected chi connectivity index (χ2v) is 7.53. The predicted octanol–water partition coefficient (Wildman–Crippen LogP) is 5.65. The summed E-state index contributed by atoms with van der Waals surface area (Å²) in [6.45, 7) is 2.77. The molecule has 0 saturated carbocycles. The van der Waals surface area contributed by atoms with Crippen LogP contribution in [0.4, 0.5) is 0 Å². The standard InChI is InChI=1S/C24H27NO3/c1-16-9-11-17(12-10-16)23-22(24(26)25-2)21-18-8-6-4-3-5-7-15-27-19(18)13-14-20(21)28-23/h9-14H,3-8,15H2,1-2H3,(H,25,26). The average Bonchev–Trinajstić information content (AvgIpc) is 3.11. The number of fused-ring (bicyclic) bond motifs is 3. The summed E-state index contributed by atoms with van der Waals surface area (Å²) in [5.74, 6) is 1.38. The molecule has 1 aromatic heterocycles. The van der Waals surface area contributed by atoms with Crippen molar-refractivity contribution in [3.63, 3.8) is 0 Å². The van der Waals surface area contributed by atoms with Gasteiger partial charge in [0, 0.05) is 23.6 Å². The molecule has 1 N–H and O–H groups in total. The van der Waals surface area contributed by atoms with Crippen LogP contribution in [0.15, 0.2) is 40.8 Å². The molecule has 3 aromatic rings. The molecular weight excluding hydrogens is 350 g/mol. The van der Waals surface area contributed by atoms with Crippen LogP contribution < -0.4 is 10.1 Å². The Hall–Kier alpha value is -2.75. The number of ether oxygens (including phenoxy) is 1. The van der Waals surface area contributed by atoms with E-state index in [9.17, 15) is 4.79 Å². The van der Waals surface area contributed by atoms with E-state index in [1.54, 1.807) is 7.05 Å². The lowest BCUT2D eigenvalue weighted by atomic mass is 9.96.